The fourth-order valence-electron chi connectivity index (χ4n) is 1.76. The molecule has 2 N–H and O–H groups in total. The molecule has 0 heterocycles. The number of carbonyl (C=O) groups excluding carboxylic acids is 1. The summed E-state index contributed by atoms with van der Waals surface area (Å²) in [6.45, 7) is 1.77. The summed E-state index contributed by atoms with van der Waals surface area (Å²) in [5.74, 6) is -0.376. The SMILES string of the molecule is COc1ccc(C(NC(=O)C(C)CSC)C(=O)O)cc1Br. The van der Waals surface area contributed by atoms with E-state index in [-0.39, 0.29) is 11.8 Å². The Labute approximate surface area is 136 Å². The Morgan fingerprint density at radius 2 is 2.14 bits per heavy atom. The van der Waals surface area contributed by atoms with Gasteiger partial charge in [-0.2, -0.15) is 11.8 Å². The summed E-state index contributed by atoms with van der Waals surface area (Å²) in [7, 11) is 1.53. The molecule has 116 valence electrons. The lowest BCUT2D eigenvalue weighted by atomic mass is 10.1. The fourth-order valence-corrected chi connectivity index (χ4v) is 2.97. The lowest BCUT2D eigenvalue weighted by Crippen LogP contribution is -2.37. The summed E-state index contributed by atoms with van der Waals surface area (Å²) >= 11 is 4.86. The van der Waals surface area contributed by atoms with E-state index in [0.717, 1.165) is 0 Å². The highest BCUT2D eigenvalue weighted by molar-refractivity contribution is 9.10. The molecular formula is C14H18BrNO4S. The lowest BCUT2D eigenvalue weighted by Gasteiger charge is -2.18. The van der Waals surface area contributed by atoms with Crippen molar-refractivity contribution in [1.82, 2.24) is 5.32 Å². The van der Waals surface area contributed by atoms with Crippen LogP contribution in [-0.2, 0) is 9.59 Å². The van der Waals surface area contributed by atoms with E-state index in [0.29, 0.717) is 21.5 Å². The van der Waals surface area contributed by atoms with Crippen LogP contribution in [0.15, 0.2) is 22.7 Å². The summed E-state index contributed by atoms with van der Waals surface area (Å²) in [6.07, 6.45) is 1.90. The Hall–Kier alpha value is -1.21. The maximum Gasteiger partial charge on any atom is 0.330 e. The van der Waals surface area contributed by atoms with E-state index in [1.807, 2.05) is 6.26 Å². The van der Waals surface area contributed by atoms with Crippen LogP contribution in [0.4, 0.5) is 0 Å². The molecule has 0 aliphatic carbocycles. The molecule has 1 rings (SSSR count). The minimum atomic E-state index is -1.10. The van der Waals surface area contributed by atoms with E-state index >= 15 is 0 Å². The second-order valence-corrected chi connectivity index (χ2v) is 6.30. The number of hydrogen-bond acceptors (Lipinski definition) is 4. The normalized spacial score (nSPS) is 13.3. The summed E-state index contributed by atoms with van der Waals surface area (Å²) in [4.78, 5) is 23.4. The maximum atomic E-state index is 12.0. The van der Waals surface area contributed by atoms with Crippen molar-refractivity contribution in [2.75, 3.05) is 19.1 Å². The van der Waals surface area contributed by atoms with E-state index in [1.54, 1.807) is 36.9 Å². The summed E-state index contributed by atoms with van der Waals surface area (Å²) in [5.41, 5.74) is 0.486. The second kappa shape index (κ2) is 8.29. The summed E-state index contributed by atoms with van der Waals surface area (Å²) in [5, 5.41) is 11.9. The van der Waals surface area contributed by atoms with E-state index in [2.05, 4.69) is 21.2 Å². The largest absolute Gasteiger partial charge is 0.496 e. The molecule has 0 spiro atoms. The maximum absolute atomic E-state index is 12.0. The molecule has 0 fully saturated rings. The number of methoxy groups -OCH3 is 1. The third kappa shape index (κ3) is 4.93. The smallest absolute Gasteiger partial charge is 0.330 e. The Morgan fingerprint density at radius 1 is 1.48 bits per heavy atom. The number of carbonyl (C=O) groups is 2. The van der Waals surface area contributed by atoms with Gasteiger partial charge in [0, 0.05) is 11.7 Å². The Balaban J connectivity index is 2.95. The number of carboxylic acid groups (broad SMARTS) is 1. The molecule has 0 radical (unpaired) electrons. The van der Waals surface area contributed by atoms with Crippen LogP contribution in [-0.4, -0.2) is 36.1 Å². The number of ether oxygens (including phenoxy) is 1. The zero-order valence-corrected chi connectivity index (χ0v) is 14.5. The summed E-state index contributed by atoms with van der Waals surface area (Å²) in [6, 6.07) is 3.84. The Bertz CT molecular complexity index is 524. The topological polar surface area (TPSA) is 75.6 Å². The molecule has 0 aromatic heterocycles. The van der Waals surface area contributed by atoms with Crippen LogP contribution in [0.3, 0.4) is 0 Å². The van der Waals surface area contributed by atoms with Crippen LogP contribution in [0.5, 0.6) is 5.75 Å². The number of amides is 1. The number of hydrogen-bond donors (Lipinski definition) is 2. The first-order valence-electron chi connectivity index (χ1n) is 6.26. The van der Waals surface area contributed by atoms with E-state index < -0.39 is 12.0 Å². The highest BCUT2D eigenvalue weighted by Crippen LogP contribution is 2.28. The third-order valence-corrected chi connectivity index (χ3v) is 4.36. The van der Waals surface area contributed by atoms with Gasteiger partial charge in [-0.25, -0.2) is 4.79 Å². The Morgan fingerprint density at radius 3 is 2.62 bits per heavy atom. The summed E-state index contributed by atoms with van der Waals surface area (Å²) < 4.78 is 5.75. The van der Waals surface area contributed by atoms with Gasteiger partial charge in [-0.3, -0.25) is 4.79 Å². The molecule has 1 amide bonds. The number of halogens is 1. The van der Waals surface area contributed by atoms with Crippen molar-refractivity contribution < 1.29 is 19.4 Å². The van der Waals surface area contributed by atoms with Gasteiger partial charge < -0.3 is 15.2 Å². The minimum Gasteiger partial charge on any atom is -0.496 e. The molecule has 7 heteroatoms. The van der Waals surface area contributed by atoms with Crippen molar-refractivity contribution in [3.63, 3.8) is 0 Å². The average molecular weight is 376 g/mol. The molecule has 2 atom stereocenters. The Kier molecular flexibility index (Phi) is 7.04. The van der Waals surface area contributed by atoms with Gasteiger partial charge in [0.05, 0.1) is 11.6 Å². The van der Waals surface area contributed by atoms with Crippen molar-refractivity contribution in [2.24, 2.45) is 5.92 Å². The minimum absolute atomic E-state index is 0.247. The second-order valence-electron chi connectivity index (χ2n) is 4.53. The van der Waals surface area contributed by atoms with Crippen molar-refractivity contribution >= 4 is 39.6 Å². The molecule has 1 aromatic carbocycles. The number of rotatable bonds is 7. The average Bonchev–Trinajstić information content (AvgIpc) is 2.44. The number of aliphatic carboxylic acids is 1. The van der Waals surface area contributed by atoms with Gasteiger partial charge >= 0.3 is 5.97 Å². The molecule has 0 bridgehead atoms. The monoisotopic (exact) mass is 375 g/mol. The van der Waals surface area contributed by atoms with Crippen LogP contribution in [0.25, 0.3) is 0 Å². The molecule has 0 saturated heterocycles. The molecule has 21 heavy (non-hydrogen) atoms. The fraction of sp³-hybridized carbons (Fsp3) is 0.429. The number of benzene rings is 1. The van der Waals surface area contributed by atoms with Gasteiger partial charge in [-0.1, -0.05) is 13.0 Å². The third-order valence-electron chi connectivity index (χ3n) is 2.91. The first kappa shape index (κ1) is 17.8. The van der Waals surface area contributed by atoms with Gasteiger partial charge in [0.2, 0.25) is 5.91 Å². The zero-order chi connectivity index (χ0) is 16.0. The van der Waals surface area contributed by atoms with Gasteiger partial charge in [0.15, 0.2) is 6.04 Å². The lowest BCUT2D eigenvalue weighted by molar-refractivity contribution is -0.142. The van der Waals surface area contributed by atoms with Gasteiger partial charge in [0.25, 0.3) is 0 Å². The van der Waals surface area contributed by atoms with Crippen LogP contribution in [0, 0.1) is 5.92 Å². The van der Waals surface area contributed by atoms with Crippen molar-refractivity contribution in [3.05, 3.63) is 28.2 Å². The first-order valence-corrected chi connectivity index (χ1v) is 8.45. The van der Waals surface area contributed by atoms with Crippen molar-refractivity contribution in [3.8, 4) is 5.75 Å². The predicted octanol–water partition coefficient (Wildman–Crippen LogP) is 2.70. The number of nitrogens with one attached hydrogen (secondary N) is 1. The molecular weight excluding hydrogens is 358 g/mol. The van der Waals surface area contributed by atoms with Crippen molar-refractivity contribution in [1.29, 1.82) is 0 Å². The molecule has 0 aliphatic rings. The van der Waals surface area contributed by atoms with E-state index in [4.69, 9.17) is 4.74 Å². The molecule has 5 nitrogen and oxygen atoms in total. The van der Waals surface area contributed by atoms with E-state index in [1.165, 1.54) is 7.11 Å². The van der Waals surface area contributed by atoms with E-state index in [9.17, 15) is 14.7 Å². The van der Waals surface area contributed by atoms with Crippen LogP contribution in [0.1, 0.15) is 18.5 Å². The van der Waals surface area contributed by atoms with Gasteiger partial charge in [0.1, 0.15) is 5.75 Å². The first-order chi connectivity index (χ1) is 9.90. The molecule has 2 unspecified atom stereocenters. The molecule has 1 aromatic rings. The molecule has 0 saturated carbocycles. The quantitative estimate of drug-likeness (QED) is 0.765. The van der Waals surface area contributed by atoms with Crippen LogP contribution in [0.2, 0.25) is 0 Å². The number of carboxylic acids is 1. The van der Waals surface area contributed by atoms with Crippen molar-refractivity contribution in [2.45, 2.75) is 13.0 Å². The van der Waals surface area contributed by atoms with Gasteiger partial charge in [-0.15, -0.1) is 0 Å². The number of thioether (sulfide) groups is 1. The van der Waals surface area contributed by atoms with Crippen LogP contribution >= 0.6 is 27.7 Å². The highest BCUT2D eigenvalue weighted by Gasteiger charge is 2.25. The van der Waals surface area contributed by atoms with Gasteiger partial charge in [-0.05, 0) is 39.9 Å². The highest BCUT2D eigenvalue weighted by atomic mass is 79.9. The zero-order valence-electron chi connectivity index (χ0n) is 12.1. The molecule has 0 aliphatic heterocycles. The van der Waals surface area contributed by atoms with Crippen LogP contribution < -0.4 is 10.1 Å². The predicted molar refractivity (Wildman–Crippen MR) is 86.8 cm³/mol. The standard InChI is InChI=1S/C14H18BrNO4S/c1-8(7-21-3)13(17)16-12(14(18)19)9-4-5-11(20-2)10(15)6-9/h4-6,8,12H,7H2,1-3H3,(H,16,17)(H,18,19).